The molecule has 2 aromatic rings. The first-order valence-electron chi connectivity index (χ1n) is 23.8. The maximum Gasteiger partial charge on any atom is 0.336 e. The molecular formula is C48H69ClN4O24. The fourth-order valence-corrected chi connectivity index (χ4v) is 8.03. The Balaban J connectivity index is 0.000000404. The zero-order valence-corrected chi connectivity index (χ0v) is 43.9. The number of nitrogens with one attached hydrogen (secondary N) is 1. The molecule has 6 rings (SSSR count). The molecule has 3 fully saturated rings. The molecule has 28 nitrogen and oxygen atoms in total. The van der Waals surface area contributed by atoms with E-state index in [1.165, 1.54) is 56.0 Å². The number of aliphatic hydroxyl groups is 8. The maximum atomic E-state index is 13.2. The summed E-state index contributed by atoms with van der Waals surface area (Å²) in [6.45, 7) is 12.9. The molecule has 4 aliphatic rings. The number of carboxylic acid groups (broad SMARTS) is 1. The lowest BCUT2D eigenvalue weighted by molar-refractivity contribution is -0.278. The Hall–Kier alpha value is -5.83. The molecule has 4 heterocycles. The topological polar surface area (TPSA) is 428 Å². The Kier molecular flexibility index (Phi) is 27.6. The van der Waals surface area contributed by atoms with Gasteiger partial charge in [-0.3, -0.25) is 38.5 Å². The van der Waals surface area contributed by atoms with Crippen molar-refractivity contribution >= 4 is 60.0 Å². The van der Waals surface area contributed by atoms with E-state index < -0.39 is 159 Å². The van der Waals surface area contributed by atoms with Gasteiger partial charge in [-0.25, -0.2) is 4.79 Å². The third-order valence-electron chi connectivity index (χ3n) is 12.0. The van der Waals surface area contributed by atoms with Gasteiger partial charge < -0.3 is 95.1 Å². The second kappa shape index (κ2) is 31.5. The van der Waals surface area contributed by atoms with Crippen molar-refractivity contribution < 1.29 is 117 Å². The first-order valence-corrected chi connectivity index (χ1v) is 23.8. The predicted molar refractivity (Wildman–Crippen MR) is 262 cm³/mol. The number of nitrogens with two attached hydrogens (primary N) is 1. The van der Waals surface area contributed by atoms with Crippen LogP contribution in [0, 0.1) is 0 Å². The number of ether oxygens (including phenoxy) is 7. The van der Waals surface area contributed by atoms with Gasteiger partial charge in [-0.2, -0.15) is 0 Å². The van der Waals surface area contributed by atoms with Crippen LogP contribution in [0.3, 0.4) is 0 Å². The molecule has 0 aromatic heterocycles. The molecule has 0 aliphatic carbocycles. The van der Waals surface area contributed by atoms with Gasteiger partial charge in [0.2, 0.25) is 6.29 Å². The molecule has 29 heteroatoms. The molecule has 0 saturated carbocycles. The molecule has 432 valence electrons. The van der Waals surface area contributed by atoms with Crippen molar-refractivity contribution in [3.63, 3.8) is 0 Å². The van der Waals surface area contributed by atoms with Gasteiger partial charge in [0, 0.05) is 27.7 Å². The molecule has 15 unspecified atom stereocenters. The Morgan fingerprint density at radius 2 is 1.08 bits per heavy atom. The first kappa shape index (κ1) is 67.3. The number of esters is 4. The van der Waals surface area contributed by atoms with Crippen LogP contribution in [0.15, 0.2) is 48.5 Å². The number of fused-ring (bicyclic) bond motifs is 1. The van der Waals surface area contributed by atoms with E-state index in [4.69, 9.17) is 59.3 Å². The highest BCUT2D eigenvalue weighted by Crippen LogP contribution is 2.36. The highest BCUT2D eigenvalue weighted by atomic mass is 35.5. The number of hydrogen-bond donors (Lipinski definition) is 11. The zero-order valence-electron chi connectivity index (χ0n) is 43.1. The summed E-state index contributed by atoms with van der Waals surface area (Å²) in [5.74, 6) is -6.80. The predicted octanol–water partition coefficient (Wildman–Crippen LogP) is -3.20. The van der Waals surface area contributed by atoms with E-state index in [-0.39, 0.29) is 34.7 Å². The summed E-state index contributed by atoms with van der Waals surface area (Å²) >= 11 is 0. The molecule has 3 saturated heterocycles. The van der Waals surface area contributed by atoms with Gasteiger partial charge in [-0.15, -0.1) is 12.4 Å². The summed E-state index contributed by atoms with van der Waals surface area (Å²) in [6.07, 6.45) is -16.7. The number of rotatable bonds is 14. The third kappa shape index (κ3) is 17.8. The minimum absolute atomic E-state index is 0. The van der Waals surface area contributed by atoms with Crippen molar-refractivity contribution in [3.05, 3.63) is 70.8 Å². The number of amides is 3. The summed E-state index contributed by atoms with van der Waals surface area (Å²) in [5, 5.41) is 85.9. The largest absolute Gasteiger partial charge is 0.478 e. The van der Waals surface area contributed by atoms with E-state index in [1.54, 1.807) is 12.1 Å². The fraction of sp³-hybridized carbons (Fsp3) is 0.583. The number of aliphatic hydroxyl groups excluding tert-OH is 8. The zero-order chi connectivity index (χ0) is 57.3. The highest BCUT2D eigenvalue weighted by molar-refractivity contribution is 6.21. The van der Waals surface area contributed by atoms with Crippen LogP contribution < -0.4 is 11.1 Å². The monoisotopic (exact) mass is 1120 g/mol. The minimum atomic E-state index is -1.67. The van der Waals surface area contributed by atoms with Crippen LogP contribution in [-0.2, 0) is 52.3 Å². The van der Waals surface area contributed by atoms with E-state index >= 15 is 0 Å². The molecule has 77 heavy (non-hydrogen) atoms. The normalized spacial score (nSPS) is 29.2. The number of benzene rings is 2. The average Bonchev–Trinajstić information content (AvgIpc) is 3.62. The van der Waals surface area contributed by atoms with Crippen molar-refractivity contribution in [2.45, 2.75) is 140 Å². The lowest BCUT2D eigenvalue weighted by Gasteiger charge is -2.46. The Bertz CT molecular complexity index is 2260. The van der Waals surface area contributed by atoms with Crippen molar-refractivity contribution in [2.24, 2.45) is 5.73 Å². The number of halogens is 1. The number of carboxylic acids is 1. The molecule has 0 radical (unpaired) electrons. The molecule has 2 aromatic carbocycles. The fourth-order valence-electron chi connectivity index (χ4n) is 8.03. The number of hydrogen-bond acceptors (Lipinski definition) is 25. The van der Waals surface area contributed by atoms with E-state index in [1.807, 2.05) is 0 Å². The molecule has 3 amide bonds. The summed E-state index contributed by atoms with van der Waals surface area (Å²) < 4.78 is 36.3. The lowest BCUT2D eigenvalue weighted by atomic mass is 9.94. The van der Waals surface area contributed by atoms with E-state index in [0.29, 0.717) is 0 Å². The van der Waals surface area contributed by atoms with Gasteiger partial charge in [0.1, 0.15) is 61.4 Å². The number of carbonyl (C=O) groups excluding carboxylic acids is 7. The van der Waals surface area contributed by atoms with Crippen LogP contribution in [0.1, 0.15) is 89.9 Å². The Labute approximate surface area is 447 Å². The summed E-state index contributed by atoms with van der Waals surface area (Å²) in [6, 6.07) is 7.48. The number of aromatic carboxylic acids is 1. The van der Waals surface area contributed by atoms with Gasteiger partial charge in [0.05, 0.1) is 41.5 Å². The molecule has 0 spiro atoms. The van der Waals surface area contributed by atoms with Crippen molar-refractivity contribution in [1.82, 2.24) is 15.1 Å². The Morgan fingerprint density at radius 3 is 1.52 bits per heavy atom. The maximum absolute atomic E-state index is 13.2. The van der Waals surface area contributed by atoms with Crippen LogP contribution in [-0.4, -0.2) is 235 Å². The minimum Gasteiger partial charge on any atom is -0.478 e. The second-order valence-corrected chi connectivity index (χ2v) is 17.1. The second-order valence-electron chi connectivity index (χ2n) is 17.1. The summed E-state index contributed by atoms with van der Waals surface area (Å²) in [5.41, 5.74) is 5.01. The van der Waals surface area contributed by atoms with Gasteiger partial charge in [-0.1, -0.05) is 45.0 Å². The van der Waals surface area contributed by atoms with Crippen LogP contribution in [0.25, 0.3) is 0 Å². The van der Waals surface area contributed by atoms with Gasteiger partial charge >= 0.3 is 29.8 Å². The van der Waals surface area contributed by atoms with Gasteiger partial charge in [-0.05, 0) is 43.9 Å². The Morgan fingerprint density at radius 1 is 0.623 bits per heavy atom. The number of imide groups is 1. The molecule has 0 bridgehead atoms. The highest BCUT2D eigenvalue weighted by Gasteiger charge is 2.58. The van der Waals surface area contributed by atoms with E-state index in [0.717, 1.165) is 32.6 Å². The van der Waals surface area contributed by atoms with Crippen LogP contribution in [0.4, 0.5) is 0 Å². The number of carbonyl (C=O) groups is 8. The molecule has 4 aliphatic heterocycles. The van der Waals surface area contributed by atoms with Gasteiger partial charge in [0.15, 0.2) is 24.8 Å². The summed E-state index contributed by atoms with van der Waals surface area (Å²) in [7, 11) is 0. The third-order valence-corrected chi connectivity index (χ3v) is 12.0. The van der Waals surface area contributed by atoms with Gasteiger partial charge in [0.25, 0.3) is 17.7 Å². The summed E-state index contributed by atoms with van der Waals surface area (Å²) in [4.78, 5) is 99.9. The molecule has 12 N–H and O–H groups in total. The number of nitrogens with zero attached hydrogens (tertiary/aromatic N) is 2. The molecule has 15 atom stereocenters. The van der Waals surface area contributed by atoms with Crippen LogP contribution in [0.2, 0.25) is 0 Å². The van der Waals surface area contributed by atoms with Crippen molar-refractivity contribution in [1.29, 1.82) is 0 Å². The smallest absolute Gasteiger partial charge is 0.336 e. The van der Waals surface area contributed by atoms with E-state index in [9.17, 15) is 63.9 Å². The van der Waals surface area contributed by atoms with Crippen molar-refractivity contribution in [3.8, 4) is 0 Å². The van der Waals surface area contributed by atoms with Crippen molar-refractivity contribution in [2.75, 3.05) is 39.5 Å². The van der Waals surface area contributed by atoms with Crippen LogP contribution in [0.5, 0.6) is 0 Å². The quantitative estimate of drug-likeness (QED) is 0.0504. The SMILES string of the molecule is CC(=O)OCC1OC(OC(C)=O)C(N2C(=O)c3ccccc3C2=O)C(OC(C)=O)C1OC(C)=O.CCN(CC)CC.Cl.NC1C(O)OC(CO)C(O)C1O.O=C(O)c1ccccc1C(=O)NC1C(O)OC(CO)C(O)C1O. The molecular weight excluding hydrogens is 1050 g/mol. The lowest BCUT2D eigenvalue weighted by Crippen LogP contribution is -2.67. The van der Waals surface area contributed by atoms with Crippen LogP contribution >= 0.6 is 12.4 Å². The van der Waals surface area contributed by atoms with E-state index in [2.05, 4.69) is 31.0 Å². The standard InChI is InChI=1S/C22H23NO11.C14H17NO8.C6H13NO5.C6H15N.ClH/c1-10(24)30-9-16-18(31-11(2)25)19(32-12(3)26)17(22(34-16)33-13(4)27)23-20(28)14-7-5-6-8-15(14)21(23)29;16-5-8-10(17)11(18)9(14(22)23-8)15-12(19)6-3-1-2-4-7(6)13(20)21;7-3-5(10)4(9)2(1-8)12-6(3)11;1-4-7(5-2)6-3;/h5-8,16-19,22H,9H2,1-4H3;1-4,8-11,14,16-18,22H,5H2,(H,15,19)(H,20,21);2-6,8-11H,1,7H2;4-6H2,1-3H3;1H. The average molecular weight is 1120 g/mol. The first-order chi connectivity index (χ1) is 35.8.